The van der Waals surface area contributed by atoms with Crippen LogP contribution in [0.2, 0.25) is 5.02 Å². The Morgan fingerprint density at radius 3 is 2.55 bits per heavy atom. The van der Waals surface area contributed by atoms with Gasteiger partial charge in [0.15, 0.2) is 27.6 Å². The first-order valence-electron chi connectivity index (χ1n) is 11.5. The van der Waals surface area contributed by atoms with Gasteiger partial charge in [-0.15, -0.1) is 21.5 Å². The van der Waals surface area contributed by atoms with Crippen molar-refractivity contribution in [2.45, 2.75) is 25.2 Å². The van der Waals surface area contributed by atoms with E-state index in [2.05, 4.69) is 25.8 Å². The molecule has 0 unspecified atom stereocenters. The predicted octanol–water partition coefficient (Wildman–Crippen LogP) is 4.75. The number of hydrogen-bond donors (Lipinski definition) is 2. The van der Waals surface area contributed by atoms with E-state index in [-0.39, 0.29) is 24.1 Å². The van der Waals surface area contributed by atoms with Gasteiger partial charge >= 0.3 is 0 Å². The van der Waals surface area contributed by atoms with Crippen molar-refractivity contribution in [1.82, 2.24) is 25.1 Å². The number of hydrogen-bond acceptors (Lipinski definition) is 9. The van der Waals surface area contributed by atoms with Gasteiger partial charge in [-0.2, -0.15) is 0 Å². The maximum Gasteiger partial charge on any atom is 0.251 e. The molecule has 2 aromatic carbocycles. The summed E-state index contributed by atoms with van der Waals surface area (Å²) in [4.78, 5) is 29.7. The van der Waals surface area contributed by atoms with Gasteiger partial charge in [0.1, 0.15) is 0 Å². The number of benzene rings is 2. The van der Waals surface area contributed by atoms with Crippen LogP contribution >= 0.6 is 34.7 Å². The average molecular weight is 573 g/mol. The number of aromatic nitrogens is 4. The highest BCUT2D eigenvalue weighted by Gasteiger charge is 2.16. The second-order valence-corrected chi connectivity index (χ2v) is 10.0. The molecule has 0 saturated heterocycles. The maximum absolute atomic E-state index is 12.7. The second kappa shape index (κ2) is 12.8. The first kappa shape index (κ1) is 27.4. The summed E-state index contributed by atoms with van der Waals surface area (Å²) in [5.41, 5.74) is 2.11. The third-order valence-electron chi connectivity index (χ3n) is 5.39. The number of rotatable bonds is 11. The van der Waals surface area contributed by atoms with E-state index in [0.29, 0.717) is 44.7 Å². The minimum Gasteiger partial charge on any atom is -0.493 e. The number of thioether (sulfide) groups is 1. The van der Waals surface area contributed by atoms with Crippen molar-refractivity contribution in [2.24, 2.45) is 0 Å². The number of amides is 2. The van der Waals surface area contributed by atoms with Crippen molar-refractivity contribution in [3.63, 3.8) is 0 Å². The SMILES string of the molecule is CCn1c(CNC(=O)c2ccc(OC)c(OC)c2)nnc1SCC(=O)Nc1nc(-c2ccc(Cl)cc2)cs1. The second-order valence-electron chi connectivity index (χ2n) is 7.78. The van der Waals surface area contributed by atoms with Crippen LogP contribution in [0.1, 0.15) is 23.1 Å². The van der Waals surface area contributed by atoms with Gasteiger partial charge in [0.25, 0.3) is 5.91 Å². The molecular formula is C25H25ClN6O4S2. The molecule has 0 aliphatic rings. The maximum atomic E-state index is 12.7. The molecule has 10 nitrogen and oxygen atoms in total. The van der Waals surface area contributed by atoms with Crippen molar-refractivity contribution in [2.75, 3.05) is 25.3 Å². The molecule has 0 saturated carbocycles. The third kappa shape index (κ3) is 6.63. The molecule has 0 fully saturated rings. The number of thiazole rings is 1. The van der Waals surface area contributed by atoms with Crippen LogP contribution in [0.15, 0.2) is 53.0 Å². The molecule has 2 heterocycles. The minimum absolute atomic E-state index is 0.131. The summed E-state index contributed by atoms with van der Waals surface area (Å²) in [5, 5.41) is 17.7. The molecule has 4 rings (SSSR count). The number of methoxy groups -OCH3 is 2. The molecule has 0 bridgehead atoms. The van der Waals surface area contributed by atoms with Crippen molar-refractivity contribution < 1.29 is 19.1 Å². The fraction of sp³-hybridized carbons (Fsp3) is 0.240. The lowest BCUT2D eigenvalue weighted by Crippen LogP contribution is -2.25. The average Bonchev–Trinajstić information content (AvgIpc) is 3.56. The molecule has 2 N–H and O–H groups in total. The zero-order chi connectivity index (χ0) is 27.1. The molecule has 13 heteroatoms. The number of ether oxygens (including phenoxy) is 2. The van der Waals surface area contributed by atoms with E-state index < -0.39 is 0 Å². The van der Waals surface area contributed by atoms with Crippen molar-refractivity contribution in [1.29, 1.82) is 0 Å². The van der Waals surface area contributed by atoms with Gasteiger partial charge in [-0.3, -0.25) is 9.59 Å². The van der Waals surface area contributed by atoms with Crippen molar-refractivity contribution in [3.05, 3.63) is 64.3 Å². The molecule has 4 aromatic rings. The van der Waals surface area contributed by atoms with Crippen LogP contribution in [0.5, 0.6) is 11.5 Å². The Morgan fingerprint density at radius 2 is 1.84 bits per heavy atom. The summed E-state index contributed by atoms with van der Waals surface area (Å²) in [7, 11) is 3.05. The Kier molecular flexibility index (Phi) is 9.21. The van der Waals surface area contributed by atoms with E-state index in [1.54, 1.807) is 30.3 Å². The van der Waals surface area contributed by atoms with Crippen molar-refractivity contribution in [3.8, 4) is 22.8 Å². The van der Waals surface area contributed by atoms with Gasteiger partial charge < -0.3 is 24.7 Å². The lowest BCUT2D eigenvalue weighted by Gasteiger charge is -2.11. The molecular weight excluding hydrogens is 548 g/mol. The van der Waals surface area contributed by atoms with Crippen LogP contribution < -0.4 is 20.1 Å². The first-order chi connectivity index (χ1) is 18.4. The smallest absolute Gasteiger partial charge is 0.251 e. The number of halogens is 1. The van der Waals surface area contributed by atoms with Gasteiger partial charge in [-0.05, 0) is 37.3 Å². The summed E-state index contributed by atoms with van der Waals surface area (Å²) in [6.07, 6.45) is 0. The monoisotopic (exact) mass is 572 g/mol. The van der Waals surface area contributed by atoms with E-state index in [4.69, 9.17) is 21.1 Å². The number of carbonyl (C=O) groups is 2. The van der Waals surface area contributed by atoms with Crippen LogP contribution in [0, 0.1) is 0 Å². The van der Waals surface area contributed by atoms with Crippen LogP contribution in [-0.4, -0.2) is 51.5 Å². The normalized spacial score (nSPS) is 10.7. The van der Waals surface area contributed by atoms with Crippen LogP contribution in [0.25, 0.3) is 11.3 Å². The molecule has 0 radical (unpaired) electrons. The minimum atomic E-state index is -0.286. The largest absolute Gasteiger partial charge is 0.493 e. The Bertz CT molecular complexity index is 1420. The Labute approximate surface area is 232 Å². The van der Waals surface area contributed by atoms with Crippen LogP contribution in [0.4, 0.5) is 5.13 Å². The number of anilines is 1. The van der Waals surface area contributed by atoms with Crippen LogP contribution in [-0.2, 0) is 17.9 Å². The number of carbonyl (C=O) groups excluding carboxylic acids is 2. The molecule has 0 atom stereocenters. The third-order valence-corrected chi connectivity index (χ3v) is 7.36. The fourth-order valence-corrected chi connectivity index (χ4v) is 5.17. The predicted molar refractivity (Wildman–Crippen MR) is 148 cm³/mol. The van der Waals surface area contributed by atoms with Crippen LogP contribution in [0.3, 0.4) is 0 Å². The molecule has 198 valence electrons. The fourth-order valence-electron chi connectivity index (χ4n) is 3.48. The zero-order valence-corrected chi connectivity index (χ0v) is 23.2. The molecule has 0 aliphatic heterocycles. The Balaban J connectivity index is 1.32. The van der Waals surface area contributed by atoms with E-state index in [1.165, 1.54) is 37.3 Å². The summed E-state index contributed by atoms with van der Waals surface area (Å²) in [6.45, 7) is 2.70. The highest BCUT2D eigenvalue weighted by Crippen LogP contribution is 2.28. The van der Waals surface area contributed by atoms with Gasteiger partial charge in [0.05, 0.1) is 32.2 Å². The van der Waals surface area contributed by atoms with E-state index >= 15 is 0 Å². The summed E-state index contributed by atoms with van der Waals surface area (Å²) < 4.78 is 12.3. The van der Waals surface area contributed by atoms with E-state index in [0.717, 1.165) is 11.3 Å². The standard InChI is InChI=1S/C25H25ClN6O4S2/c1-4-32-21(12-27-23(34)16-7-10-19(35-2)20(11-16)36-3)30-31-25(32)38-14-22(33)29-24-28-18(13-37-24)15-5-8-17(26)9-6-15/h5-11,13H,4,12,14H2,1-3H3,(H,27,34)(H,28,29,33). The van der Waals surface area contributed by atoms with Crippen molar-refractivity contribution >= 4 is 51.6 Å². The Hall–Kier alpha value is -3.61. The Morgan fingerprint density at radius 1 is 1.08 bits per heavy atom. The quantitative estimate of drug-likeness (QED) is 0.247. The molecule has 0 spiro atoms. The molecule has 2 aromatic heterocycles. The van der Waals surface area contributed by atoms with E-state index in [9.17, 15) is 9.59 Å². The lowest BCUT2D eigenvalue weighted by atomic mass is 10.2. The van der Waals surface area contributed by atoms with E-state index in [1.807, 2.05) is 29.0 Å². The highest BCUT2D eigenvalue weighted by molar-refractivity contribution is 7.99. The zero-order valence-electron chi connectivity index (χ0n) is 20.9. The first-order valence-corrected chi connectivity index (χ1v) is 13.7. The summed E-state index contributed by atoms with van der Waals surface area (Å²) in [6, 6.07) is 12.3. The molecule has 0 aliphatic carbocycles. The molecule has 38 heavy (non-hydrogen) atoms. The summed E-state index contributed by atoms with van der Waals surface area (Å²) >= 11 is 8.55. The number of nitrogens with one attached hydrogen (secondary N) is 2. The van der Waals surface area contributed by atoms with Gasteiger partial charge in [-0.1, -0.05) is 35.5 Å². The van der Waals surface area contributed by atoms with Gasteiger partial charge in [0.2, 0.25) is 5.91 Å². The highest BCUT2D eigenvalue weighted by atomic mass is 35.5. The summed E-state index contributed by atoms with van der Waals surface area (Å²) in [5.74, 6) is 1.22. The topological polar surface area (TPSA) is 120 Å². The lowest BCUT2D eigenvalue weighted by molar-refractivity contribution is -0.113. The number of nitrogens with zero attached hydrogens (tertiary/aromatic N) is 4. The van der Waals surface area contributed by atoms with Gasteiger partial charge in [0, 0.05) is 28.1 Å². The van der Waals surface area contributed by atoms with Gasteiger partial charge in [-0.25, -0.2) is 4.98 Å². The molecule has 2 amide bonds.